The van der Waals surface area contributed by atoms with Crippen LogP contribution in [-0.4, -0.2) is 22.1 Å². The molecule has 0 nitrogen and oxygen atoms in total. The Morgan fingerprint density at radius 2 is 0.619 bits per heavy atom. The van der Waals surface area contributed by atoms with Crippen LogP contribution in [0.3, 0.4) is 0 Å². The van der Waals surface area contributed by atoms with Gasteiger partial charge in [-0.2, -0.15) is 0 Å². The first kappa shape index (κ1) is 48.1. The van der Waals surface area contributed by atoms with Crippen molar-refractivity contribution in [1.29, 1.82) is 0 Å². The first-order chi connectivity index (χ1) is 29.7. The van der Waals surface area contributed by atoms with E-state index in [0.29, 0.717) is 0 Å². The van der Waals surface area contributed by atoms with Crippen molar-refractivity contribution in [2.24, 2.45) is 0 Å². The minimum atomic E-state index is -1.63. The maximum Gasteiger partial charge on any atom is 1.00 e. The molecule has 0 fully saturated rings. The Hall–Kier alpha value is -4.35. The van der Waals surface area contributed by atoms with E-state index >= 15 is 0 Å². The molecular weight excluding hydrogens is 1200 g/mol. The second-order valence-electron chi connectivity index (χ2n) is 16.6. The van der Waals surface area contributed by atoms with Crippen LogP contribution in [0.5, 0.6) is 0 Å². The van der Waals surface area contributed by atoms with E-state index in [-0.39, 0.29) is 44.8 Å². The number of fused-ring (bicyclic) bond motifs is 6. The Kier molecular flexibility index (Phi) is 16.5. The SMILES string of the molecule is [Au+].[Au+].[C-]#Cc1cccc2c1[Si](C)(C)c1ccccc1-2.[C-]#Cc1cccc2c1[Si](C)(C)c1ccccc1-2.c1ccc([PH+](C[PH+](c2ccccc2)c2ccccc2)c2ccccc2)cc1. The van der Waals surface area contributed by atoms with Gasteiger partial charge in [0.2, 0.25) is 0 Å². The maximum absolute atomic E-state index is 7.47. The molecular formula is C57H50Au2P2Si2+2. The summed E-state index contributed by atoms with van der Waals surface area (Å²) < 4.78 is 0. The van der Waals surface area contributed by atoms with Gasteiger partial charge in [0, 0.05) is 0 Å². The predicted molar refractivity (Wildman–Crippen MR) is 276 cm³/mol. The number of rotatable bonds is 6. The van der Waals surface area contributed by atoms with Gasteiger partial charge in [0.05, 0.1) is 16.1 Å². The fourth-order valence-corrected chi connectivity index (χ4v) is 23.9. The zero-order valence-electron chi connectivity index (χ0n) is 35.9. The normalized spacial score (nSPS) is 12.8. The topological polar surface area (TPSA) is 0 Å². The van der Waals surface area contributed by atoms with E-state index < -0.39 is 32.0 Å². The Morgan fingerprint density at radius 1 is 0.349 bits per heavy atom. The molecule has 0 N–H and O–H groups in total. The molecule has 2 aliphatic heterocycles. The predicted octanol–water partition coefficient (Wildman–Crippen LogP) is 9.52. The molecule has 8 aromatic carbocycles. The van der Waals surface area contributed by atoms with Gasteiger partial charge in [-0.15, -0.1) is 33.6 Å². The molecule has 0 saturated heterocycles. The zero-order valence-corrected chi connectivity index (χ0v) is 44.3. The molecule has 0 amide bonds. The first-order valence-corrected chi connectivity index (χ1v) is 30.4. The van der Waals surface area contributed by atoms with E-state index in [0.717, 1.165) is 11.1 Å². The molecule has 0 atom stereocenters. The first-order valence-electron chi connectivity index (χ1n) is 21.0. The number of hydrogen-bond acceptors (Lipinski definition) is 0. The van der Waals surface area contributed by atoms with Crippen LogP contribution in [0.25, 0.3) is 22.3 Å². The smallest absolute Gasteiger partial charge is 0.366 e. The van der Waals surface area contributed by atoms with E-state index in [1.54, 1.807) is 0 Å². The molecule has 0 saturated carbocycles. The fraction of sp³-hybridized carbons (Fsp3) is 0.0877. The summed E-state index contributed by atoms with van der Waals surface area (Å²) in [6.45, 7) is 9.44. The van der Waals surface area contributed by atoms with E-state index in [9.17, 15) is 0 Å². The molecule has 2 aliphatic rings. The molecule has 10 rings (SSSR count). The second-order valence-corrected chi connectivity index (χ2v) is 30.9. The monoisotopic (exact) mass is 1250 g/mol. The minimum Gasteiger partial charge on any atom is -0.366 e. The van der Waals surface area contributed by atoms with E-state index in [2.05, 4.69) is 220 Å². The third-order valence-corrected chi connectivity index (χ3v) is 26.4. The van der Waals surface area contributed by atoms with E-state index in [1.165, 1.54) is 70.1 Å². The molecule has 0 bridgehead atoms. The summed E-state index contributed by atoms with van der Waals surface area (Å²) in [5.74, 6) is 6.45. The van der Waals surface area contributed by atoms with Crippen molar-refractivity contribution in [3.05, 3.63) is 230 Å². The van der Waals surface area contributed by atoms with Crippen molar-refractivity contribution in [3.63, 3.8) is 0 Å². The quantitative estimate of drug-likeness (QED) is 0.0675. The van der Waals surface area contributed by atoms with Crippen LogP contribution in [0.15, 0.2) is 206 Å². The van der Waals surface area contributed by atoms with Gasteiger partial charge >= 0.3 is 44.8 Å². The Morgan fingerprint density at radius 3 is 0.921 bits per heavy atom. The van der Waals surface area contributed by atoms with Crippen LogP contribution < -0.4 is 42.0 Å². The molecule has 316 valence electrons. The third kappa shape index (κ3) is 10.00. The van der Waals surface area contributed by atoms with Gasteiger partial charge in [-0.3, -0.25) is 11.8 Å². The number of benzene rings is 8. The number of hydrogen-bond donors (Lipinski definition) is 0. The molecule has 0 aliphatic carbocycles. The van der Waals surface area contributed by atoms with Gasteiger partial charge in [-0.05, 0) is 81.2 Å². The van der Waals surface area contributed by atoms with Gasteiger partial charge < -0.3 is 12.8 Å². The largest absolute Gasteiger partial charge is 1.00 e. The molecule has 0 radical (unpaired) electrons. The summed E-state index contributed by atoms with van der Waals surface area (Å²) in [5.41, 5.74) is 7.28. The summed E-state index contributed by atoms with van der Waals surface area (Å²) in [4.78, 5) is 0. The van der Waals surface area contributed by atoms with Crippen molar-refractivity contribution >= 4 is 74.0 Å². The standard InChI is InChI=1S/C25H22P2.2C16H13Si.2Au/c1-5-13-22(14-6-1)26(23-15-7-2-8-16-23)21-27(24-17-9-3-10-18-24)25-19-11-4-12-20-25;2*1-4-12-8-7-10-14-13-9-5-6-11-15(13)17(2,3)16(12)14;;/h1-20H,21H2;2*5-11H,2-3H3;;/q;2*-1;2*+1/p+2. The van der Waals surface area contributed by atoms with Crippen molar-refractivity contribution < 1.29 is 44.8 Å². The van der Waals surface area contributed by atoms with Gasteiger partial charge in [0.15, 0.2) is 5.90 Å². The van der Waals surface area contributed by atoms with Crippen LogP contribution >= 0.6 is 15.8 Å². The van der Waals surface area contributed by atoms with Gasteiger partial charge in [-0.1, -0.05) is 172 Å². The summed E-state index contributed by atoms with van der Waals surface area (Å²) in [6, 6.07) is 74.2. The van der Waals surface area contributed by atoms with Gasteiger partial charge in [0.25, 0.3) is 0 Å². The molecule has 63 heavy (non-hydrogen) atoms. The van der Waals surface area contributed by atoms with Crippen LogP contribution in [0.2, 0.25) is 26.2 Å². The Balaban J connectivity index is 0.000000161. The minimum absolute atomic E-state index is 0. The van der Waals surface area contributed by atoms with Crippen LogP contribution in [0.1, 0.15) is 11.1 Å². The summed E-state index contributed by atoms with van der Waals surface area (Å²) in [5, 5.41) is 11.7. The van der Waals surface area contributed by atoms with E-state index in [4.69, 9.17) is 12.8 Å². The molecule has 8 aromatic rings. The third-order valence-electron chi connectivity index (χ3n) is 12.3. The fourth-order valence-electron chi connectivity index (χ4n) is 9.38. The van der Waals surface area contributed by atoms with Crippen LogP contribution in [0, 0.1) is 24.7 Å². The Labute approximate surface area is 411 Å². The van der Waals surface area contributed by atoms with Crippen molar-refractivity contribution in [2.75, 3.05) is 5.90 Å². The maximum atomic E-state index is 7.47. The van der Waals surface area contributed by atoms with E-state index in [1.807, 2.05) is 24.3 Å². The molecule has 2 heterocycles. The van der Waals surface area contributed by atoms with Crippen LogP contribution in [-0.2, 0) is 44.8 Å². The molecule has 0 unspecified atom stereocenters. The average Bonchev–Trinajstić information content (AvgIpc) is 3.71. The molecule has 0 spiro atoms. The van der Waals surface area contributed by atoms with Crippen LogP contribution in [0.4, 0.5) is 0 Å². The summed E-state index contributed by atoms with van der Waals surface area (Å²) >= 11 is 0. The average molecular weight is 1250 g/mol. The molecule has 0 aromatic heterocycles. The van der Waals surface area contributed by atoms with Gasteiger partial charge in [-0.25, -0.2) is 0 Å². The summed E-state index contributed by atoms with van der Waals surface area (Å²) in [7, 11) is -4.95. The zero-order chi connectivity index (χ0) is 42.4. The van der Waals surface area contributed by atoms with Crippen molar-refractivity contribution in [2.45, 2.75) is 26.2 Å². The van der Waals surface area contributed by atoms with Crippen molar-refractivity contribution in [1.82, 2.24) is 0 Å². The molecule has 6 heteroatoms. The van der Waals surface area contributed by atoms with Crippen molar-refractivity contribution in [3.8, 4) is 34.1 Å². The summed E-state index contributed by atoms with van der Waals surface area (Å²) in [6.07, 6.45) is 14.9. The second kappa shape index (κ2) is 21.6. The Bertz CT molecular complexity index is 2590. The van der Waals surface area contributed by atoms with Gasteiger partial charge in [0.1, 0.15) is 37.1 Å².